The fourth-order valence-corrected chi connectivity index (χ4v) is 2.35. The molecule has 0 saturated heterocycles. The van der Waals surface area contributed by atoms with Crippen molar-refractivity contribution in [3.8, 4) is 0 Å². The van der Waals surface area contributed by atoms with E-state index in [0.29, 0.717) is 18.3 Å². The predicted molar refractivity (Wildman–Crippen MR) is 81.0 cm³/mol. The Hall–Kier alpha value is -2.17. The maximum Gasteiger partial charge on any atom is 0.137 e. The van der Waals surface area contributed by atoms with Crippen LogP contribution in [0.15, 0.2) is 24.3 Å². The summed E-state index contributed by atoms with van der Waals surface area (Å²) in [6.45, 7) is 4.54. The second kappa shape index (κ2) is 7.02. The number of anilines is 1. The first-order valence-corrected chi connectivity index (χ1v) is 7.36. The second-order valence-corrected chi connectivity index (χ2v) is 5.01. The lowest BCUT2D eigenvalue weighted by molar-refractivity contribution is -0.305. The number of hydrogen-bond donors (Lipinski definition) is 1. The highest BCUT2D eigenvalue weighted by Crippen LogP contribution is 2.26. The Balaban J connectivity index is 2.37. The third-order valence-electron chi connectivity index (χ3n) is 3.59. The van der Waals surface area contributed by atoms with Crippen LogP contribution >= 0.6 is 0 Å². The lowest BCUT2D eigenvalue weighted by Crippen LogP contribution is -2.25. The van der Waals surface area contributed by atoms with Crippen molar-refractivity contribution in [3.63, 3.8) is 0 Å². The third-order valence-corrected chi connectivity index (χ3v) is 3.59. The Morgan fingerprint density at radius 2 is 1.95 bits per heavy atom. The molecule has 1 heterocycles. The Bertz CT molecular complexity index is 624. The predicted octanol–water partition coefficient (Wildman–Crippen LogP) is 2.09. The maximum atomic E-state index is 10.5. The molecule has 2 aromatic rings. The van der Waals surface area contributed by atoms with Gasteiger partial charge in [-0.2, -0.15) is 0 Å². The fraction of sp³-hybridized carbons (Fsp3) is 0.438. The van der Waals surface area contributed by atoms with Crippen LogP contribution in [0.3, 0.4) is 0 Å². The largest absolute Gasteiger partial charge is 0.550 e. The molecule has 0 radical (unpaired) electrons. The minimum atomic E-state index is -1.07. The van der Waals surface area contributed by atoms with Crippen molar-refractivity contribution in [2.24, 2.45) is 0 Å². The fourth-order valence-electron chi connectivity index (χ4n) is 2.35. The van der Waals surface area contributed by atoms with Gasteiger partial charge in [-0.05, 0) is 25.0 Å². The van der Waals surface area contributed by atoms with E-state index in [-0.39, 0.29) is 6.42 Å². The molecule has 0 saturated carbocycles. The number of aromatic nitrogens is 2. The van der Waals surface area contributed by atoms with E-state index in [1.807, 2.05) is 24.3 Å². The molecule has 1 aromatic heterocycles. The van der Waals surface area contributed by atoms with E-state index in [0.717, 1.165) is 29.6 Å². The number of hydrogen-bond acceptors (Lipinski definition) is 5. The van der Waals surface area contributed by atoms with E-state index < -0.39 is 5.97 Å². The van der Waals surface area contributed by atoms with Crippen LogP contribution in [0.1, 0.15) is 44.9 Å². The second-order valence-electron chi connectivity index (χ2n) is 5.01. The zero-order valence-electron chi connectivity index (χ0n) is 12.4. The van der Waals surface area contributed by atoms with Gasteiger partial charge in [0.05, 0.1) is 5.52 Å². The molecule has 0 aliphatic rings. The van der Waals surface area contributed by atoms with Gasteiger partial charge in [-0.1, -0.05) is 26.0 Å². The number of nitrogens with one attached hydrogen (secondary N) is 1. The Kier molecular flexibility index (Phi) is 5.09. The van der Waals surface area contributed by atoms with Crippen LogP contribution in [0, 0.1) is 0 Å². The van der Waals surface area contributed by atoms with Crippen molar-refractivity contribution in [1.29, 1.82) is 0 Å². The number of benzene rings is 1. The van der Waals surface area contributed by atoms with Crippen molar-refractivity contribution >= 4 is 22.7 Å². The lowest BCUT2D eigenvalue weighted by Gasteiger charge is -2.15. The topological polar surface area (TPSA) is 77.9 Å². The Morgan fingerprint density at radius 1 is 1.24 bits per heavy atom. The molecule has 0 bridgehead atoms. The molecule has 1 N–H and O–H groups in total. The summed E-state index contributed by atoms with van der Waals surface area (Å²) in [5.41, 5.74) is 0.880. The van der Waals surface area contributed by atoms with Gasteiger partial charge >= 0.3 is 0 Å². The highest BCUT2D eigenvalue weighted by atomic mass is 16.4. The first-order valence-electron chi connectivity index (χ1n) is 7.36. The number of para-hydroxylation sites is 1. The molecule has 21 heavy (non-hydrogen) atoms. The van der Waals surface area contributed by atoms with Crippen molar-refractivity contribution in [2.75, 3.05) is 11.9 Å². The van der Waals surface area contributed by atoms with Crippen molar-refractivity contribution in [2.45, 2.75) is 39.0 Å². The molecule has 0 atom stereocenters. The molecule has 0 spiro atoms. The average Bonchev–Trinajstić information content (AvgIpc) is 2.48. The summed E-state index contributed by atoms with van der Waals surface area (Å²) < 4.78 is 0. The molecule has 1 aromatic carbocycles. The summed E-state index contributed by atoms with van der Waals surface area (Å²) in [5.74, 6) is 0.760. The van der Waals surface area contributed by atoms with Crippen LogP contribution in [0.5, 0.6) is 0 Å². The number of carbonyl (C=O) groups excluding carboxylic acids is 1. The van der Waals surface area contributed by atoms with E-state index in [1.54, 1.807) is 0 Å². The minimum Gasteiger partial charge on any atom is -0.550 e. The van der Waals surface area contributed by atoms with Crippen molar-refractivity contribution in [1.82, 2.24) is 9.97 Å². The standard InChI is InChI=1S/C16H21N3O2/c1-3-11(4-2)15-18-13-8-6-5-7-12(13)16(19-15)17-10-9-14(20)21/h5-8,11H,3-4,9-10H2,1-2H3,(H,20,21)(H,17,18,19)/p-1. The molecule has 0 aliphatic carbocycles. The Morgan fingerprint density at radius 3 is 2.62 bits per heavy atom. The van der Waals surface area contributed by atoms with Crippen LogP contribution in [-0.4, -0.2) is 22.5 Å². The summed E-state index contributed by atoms with van der Waals surface area (Å²) >= 11 is 0. The van der Waals surface area contributed by atoms with Crippen molar-refractivity contribution in [3.05, 3.63) is 30.1 Å². The van der Waals surface area contributed by atoms with E-state index in [2.05, 4.69) is 29.1 Å². The van der Waals surface area contributed by atoms with Gasteiger partial charge in [0, 0.05) is 30.2 Å². The molecule has 0 amide bonds. The minimum absolute atomic E-state index is 0.0430. The number of aliphatic carboxylic acids is 1. The van der Waals surface area contributed by atoms with Gasteiger partial charge in [-0.15, -0.1) is 0 Å². The number of fused-ring (bicyclic) bond motifs is 1. The number of nitrogens with zero attached hydrogens (tertiary/aromatic N) is 2. The van der Waals surface area contributed by atoms with Crippen LogP contribution in [0.25, 0.3) is 10.9 Å². The molecule has 5 nitrogen and oxygen atoms in total. The third kappa shape index (κ3) is 3.68. The van der Waals surface area contributed by atoms with Gasteiger partial charge in [0.15, 0.2) is 0 Å². The molecule has 0 unspecified atom stereocenters. The number of carboxylic acid groups (broad SMARTS) is 1. The highest BCUT2D eigenvalue weighted by molar-refractivity contribution is 5.89. The summed E-state index contributed by atoms with van der Waals surface area (Å²) in [6, 6.07) is 7.75. The van der Waals surface area contributed by atoms with E-state index in [4.69, 9.17) is 0 Å². The summed E-state index contributed by atoms with van der Waals surface area (Å²) in [4.78, 5) is 19.8. The van der Waals surface area contributed by atoms with Gasteiger partial charge in [-0.25, -0.2) is 9.97 Å². The van der Waals surface area contributed by atoms with Crippen LogP contribution in [0.2, 0.25) is 0 Å². The first-order chi connectivity index (χ1) is 10.2. The number of carbonyl (C=O) groups is 1. The summed E-state index contributed by atoms with van der Waals surface area (Å²) in [7, 11) is 0. The zero-order valence-corrected chi connectivity index (χ0v) is 12.4. The van der Waals surface area contributed by atoms with E-state index >= 15 is 0 Å². The normalized spacial score (nSPS) is 11.0. The molecular formula is C16H20N3O2-. The smallest absolute Gasteiger partial charge is 0.137 e. The molecule has 0 aliphatic heterocycles. The quantitative estimate of drug-likeness (QED) is 0.843. The number of carboxylic acids is 1. The zero-order chi connectivity index (χ0) is 15.2. The average molecular weight is 286 g/mol. The van der Waals surface area contributed by atoms with Gasteiger partial charge in [-0.3, -0.25) is 0 Å². The summed E-state index contributed by atoms with van der Waals surface area (Å²) in [5, 5.41) is 14.5. The maximum absolute atomic E-state index is 10.5. The van der Waals surface area contributed by atoms with E-state index in [9.17, 15) is 9.90 Å². The molecule has 5 heteroatoms. The molecular weight excluding hydrogens is 266 g/mol. The highest BCUT2D eigenvalue weighted by Gasteiger charge is 2.14. The van der Waals surface area contributed by atoms with Gasteiger partial charge in [0.1, 0.15) is 11.6 Å². The lowest BCUT2D eigenvalue weighted by atomic mass is 10.0. The molecule has 112 valence electrons. The Labute approximate surface area is 124 Å². The first kappa shape index (κ1) is 15.2. The van der Waals surface area contributed by atoms with Crippen LogP contribution < -0.4 is 10.4 Å². The van der Waals surface area contributed by atoms with Gasteiger partial charge in [0.2, 0.25) is 0 Å². The van der Waals surface area contributed by atoms with E-state index in [1.165, 1.54) is 0 Å². The van der Waals surface area contributed by atoms with Crippen molar-refractivity contribution < 1.29 is 9.90 Å². The summed E-state index contributed by atoms with van der Waals surface area (Å²) in [6.07, 6.45) is 1.92. The van der Waals surface area contributed by atoms with Crippen LogP contribution in [0.4, 0.5) is 5.82 Å². The molecule has 0 fully saturated rings. The molecule has 2 rings (SSSR count). The van der Waals surface area contributed by atoms with Gasteiger partial charge in [0.25, 0.3) is 0 Å². The van der Waals surface area contributed by atoms with Gasteiger partial charge < -0.3 is 15.2 Å². The SMILES string of the molecule is CCC(CC)c1nc(NCCC(=O)[O-])c2ccccc2n1. The number of rotatable bonds is 7. The van der Waals surface area contributed by atoms with Crippen LogP contribution in [-0.2, 0) is 4.79 Å². The monoisotopic (exact) mass is 286 g/mol.